The Balaban J connectivity index is 1.57. The van der Waals surface area contributed by atoms with E-state index in [0.29, 0.717) is 5.75 Å². The van der Waals surface area contributed by atoms with Crippen molar-refractivity contribution >= 4 is 27.7 Å². The van der Waals surface area contributed by atoms with E-state index in [0.717, 1.165) is 40.9 Å². The molecule has 0 saturated carbocycles. The number of rotatable bonds is 5. The monoisotopic (exact) mass is 462 g/mol. The van der Waals surface area contributed by atoms with E-state index in [1.54, 1.807) is 0 Å². The van der Waals surface area contributed by atoms with Crippen LogP contribution >= 0.6 is 0 Å². The molecule has 6 heteroatoms. The van der Waals surface area contributed by atoms with Crippen LogP contribution in [0.25, 0.3) is 10.9 Å². The molecule has 0 radical (unpaired) electrons. The molecule has 5 rings (SSSR count). The zero-order valence-corrected chi connectivity index (χ0v) is 20.2. The van der Waals surface area contributed by atoms with E-state index in [9.17, 15) is 9.00 Å². The predicted molar refractivity (Wildman–Crippen MR) is 132 cm³/mol. The Labute approximate surface area is 197 Å². The highest BCUT2D eigenvalue weighted by atomic mass is 32.2. The summed E-state index contributed by atoms with van der Waals surface area (Å²) in [6.45, 7) is 3.58. The van der Waals surface area contributed by atoms with Crippen molar-refractivity contribution in [3.63, 3.8) is 0 Å². The van der Waals surface area contributed by atoms with Gasteiger partial charge in [-0.25, -0.2) is 0 Å². The Morgan fingerprint density at radius 2 is 1.88 bits per heavy atom. The number of aromatic nitrogens is 1. The van der Waals surface area contributed by atoms with Gasteiger partial charge in [-0.15, -0.1) is 0 Å². The molecule has 0 amide bonds. The third kappa shape index (κ3) is 3.65. The molecule has 33 heavy (non-hydrogen) atoms. The third-order valence-corrected chi connectivity index (χ3v) is 8.75. The maximum atomic E-state index is 13.1. The van der Waals surface area contributed by atoms with E-state index in [1.165, 1.54) is 18.4 Å². The fourth-order valence-electron chi connectivity index (χ4n) is 5.85. The molecule has 1 aliphatic heterocycles. The summed E-state index contributed by atoms with van der Waals surface area (Å²) >= 11 is 0. The first kappa shape index (κ1) is 22.1. The van der Waals surface area contributed by atoms with E-state index >= 15 is 0 Å². The number of esters is 1. The lowest BCUT2D eigenvalue weighted by Gasteiger charge is -2.47. The van der Waals surface area contributed by atoms with Crippen molar-refractivity contribution < 1.29 is 13.7 Å². The van der Waals surface area contributed by atoms with Crippen LogP contribution in [0.1, 0.15) is 36.6 Å². The van der Waals surface area contributed by atoms with Crippen LogP contribution < -0.4 is 0 Å². The van der Waals surface area contributed by atoms with Crippen LogP contribution in [0.2, 0.25) is 0 Å². The SMILES string of the molecule is C/C=C1/CN(CC[S@](=O)c2ccccc2)[C@H]2C[C@@H]1[C@@H](C(=O)OC)c1c2n(C)c2ccccc12. The Bertz CT molecular complexity index is 1250. The van der Waals surface area contributed by atoms with Crippen LogP contribution in [0.4, 0.5) is 0 Å². The maximum Gasteiger partial charge on any atom is 0.313 e. The maximum absolute atomic E-state index is 13.1. The lowest BCUT2D eigenvalue weighted by Crippen LogP contribution is -2.47. The molecule has 2 aliphatic rings. The van der Waals surface area contributed by atoms with Gasteiger partial charge in [-0.05, 0) is 37.1 Å². The van der Waals surface area contributed by atoms with Gasteiger partial charge < -0.3 is 9.30 Å². The van der Waals surface area contributed by atoms with Gasteiger partial charge in [0.2, 0.25) is 0 Å². The van der Waals surface area contributed by atoms with Crippen LogP contribution in [-0.2, 0) is 27.4 Å². The number of benzene rings is 2. The number of nitrogens with zero attached hydrogens (tertiary/aromatic N) is 2. The summed E-state index contributed by atoms with van der Waals surface area (Å²) in [7, 11) is 2.55. The third-order valence-electron chi connectivity index (χ3n) is 7.40. The highest BCUT2D eigenvalue weighted by Crippen LogP contribution is 2.53. The number of allylic oxidation sites excluding steroid dienone is 1. The van der Waals surface area contributed by atoms with Crippen molar-refractivity contribution in [2.75, 3.05) is 26.0 Å². The number of hydrogen-bond donors (Lipinski definition) is 0. The number of fused-ring (bicyclic) bond motifs is 6. The summed E-state index contributed by atoms with van der Waals surface area (Å²) in [6, 6.07) is 18.2. The van der Waals surface area contributed by atoms with Gasteiger partial charge in [-0.2, -0.15) is 0 Å². The lowest BCUT2D eigenvalue weighted by molar-refractivity contribution is -0.144. The van der Waals surface area contributed by atoms with Crippen molar-refractivity contribution in [1.82, 2.24) is 9.47 Å². The Hall–Kier alpha value is -2.70. The number of methoxy groups -OCH3 is 1. The first-order chi connectivity index (χ1) is 16.0. The molecule has 0 N–H and O–H groups in total. The fourth-order valence-corrected chi connectivity index (χ4v) is 6.95. The van der Waals surface area contributed by atoms with Gasteiger partial charge in [0.25, 0.3) is 0 Å². The second-order valence-electron chi connectivity index (χ2n) is 8.93. The zero-order chi connectivity index (χ0) is 23.1. The summed E-state index contributed by atoms with van der Waals surface area (Å²) in [6.07, 6.45) is 3.03. The molecule has 1 fully saturated rings. The molecule has 2 aromatic carbocycles. The van der Waals surface area contributed by atoms with Gasteiger partial charge in [0.1, 0.15) is 0 Å². The summed E-state index contributed by atoms with van der Waals surface area (Å²) < 4.78 is 20.5. The first-order valence-electron chi connectivity index (χ1n) is 11.5. The summed E-state index contributed by atoms with van der Waals surface area (Å²) in [4.78, 5) is 16.4. The zero-order valence-electron chi connectivity index (χ0n) is 19.4. The number of para-hydroxylation sites is 1. The van der Waals surface area contributed by atoms with Gasteiger partial charge in [0.05, 0.1) is 29.9 Å². The highest BCUT2D eigenvalue weighted by Gasteiger charge is 2.48. The average molecular weight is 463 g/mol. The number of aryl methyl sites for hydroxylation is 1. The fraction of sp³-hybridized carbons (Fsp3) is 0.370. The quantitative estimate of drug-likeness (QED) is 0.412. The Morgan fingerprint density at radius 3 is 2.61 bits per heavy atom. The molecule has 1 aromatic heterocycles. The molecule has 172 valence electrons. The van der Waals surface area contributed by atoms with Gasteiger partial charge in [0, 0.05) is 53.3 Å². The molecule has 3 aromatic rings. The van der Waals surface area contributed by atoms with Gasteiger partial charge in [-0.1, -0.05) is 48.0 Å². The van der Waals surface area contributed by atoms with Crippen molar-refractivity contribution in [2.45, 2.75) is 30.2 Å². The molecule has 0 spiro atoms. The molecule has 4 atom stereocenters. The van der Waals surface area contributed by atoms with Gasteiger partial charge >= 0.3 is 5.97 Å². The van der Waals surface area contributed by atoms with E-state index in [1.807, 2.05) is 42.5 Å². The highest BCUT2D eigenvalue weighted by molar-refractivity contribution is 7.85. The van der Waals surface area contributed by atoms with Crippen molar-refractivity contribution in [3.8, 4) is 0 Å². The van der Waals surface area contributed by atoms with Gasteiger partial charge in [0.15, 0.2) is 0 Å². The second-order valence-corrected chi connectivity index (χ2v) is 10.5. The lowest BCUT2D eigenvalue weighted by atomic mass is 9.68. The van der Waals surface area contributed by atoms with Crippen molar-refractivity contribution in [2.24, 2.45) is 13.0 Å². The summed E-state index contributed by atoms with van der Waals surface area (Å²) in [5, 5.41) is 1.13. The van der Waals surface area contributed by atoms with Crippen LogP contribution in [-0.4, -0.2) is 45.6 Å². The minimum atomic E-state index is -1.04. The minimum absolute atomic E-state index is 0.127. The molecule has 1 saturated heterocycles. The molecular formula is C27H30N2O3S. The van der Waals surface area contributed by atoms with Crippen LogP contribution in [0.3, 0.4) is 0 Å². The number of ether oxygens (including phenoxy) is 1. The smallest absolute Gasteiger partial charge is 0.313 e. The number of carbonyl (C=O) groups is 1. The van der Waals surface area contributed by atoms with Crippen LogP contribution in [0.5, 0.6) is 0 Å². The second kappa shape index (κ2) is 8.92. The van der Waals surface area contributed by atoms with E-state index in [2.05, 4.69) is 41.6 Å². The number of hydrogen-bond acceptors (Lipinski definition) is 4. The van der Waals surface area contributed by atoms with Crippen LogP contribution in [0.15, 0.2) is 71.1 Å². The van der Waals surface area contributed by atoms with Gasteiger partial charge in [-0.3, -0.25) is 13.9 Å². The number of carbonyl (C=O) groups excluding carboxylic acids is 1. The molecular weight excluding hydrogens is 432 g/mol. The Kier molecular flexibility index (Phi) is 5.97. The first-order valence-corrected chi connectivity index (χ1v) is 12.8. The molecule has 0 unspecified atom stereocenters. The van der Waals surface area contributed by atoms with E-state index in [-0.39, 0.29) is 23.8 Å². The average Bonchev–Trinajstić information content (AvgIpc) is 3.16. The standard InChI is InChI=1S/C27H30N2O3S/c1-4-18-17-29(14-15-33(31)19-10-6-5-7-11-19)23-16-21(18)25(27(30)32-3)24-20-12-8-9-13-22(20)28(2)26(23)24/h4-13,21,23,25H,14-17H2,1-3H3/b18-4-/t21-,23-,25+,33-/m0/s1. The van der Waals surface area contributed by atoms with E-state index in [4.69, 9.17) is 4.74 Å². The Morgan fingerprint density at radius 1 is 1.15 bits per heavy atom. The molecule has 1 aliphatic carbocycles. The predicted octanol–water partition coefficient (Wildman–Crippen LogP) is 4.57. The molecule has 5 nitrogen and oxygen atoms in total. The normalized spacial score (nSPS) is 24.6. The van der Waals surface area contributed by atoms with Crippen LogP contribution in [0, 0.1) is 5.92 Å². The van der Waals surface area contributed by atoms with Crippen molar-refractivity contribution in [1.29, 1.82) is 0 Å². The largest absolute Gasteiger partial charge is 0.469 e. The topological polar surface area (TPSA) is 51.5 Å². The number of likely N-dealkylation sites (tertiary alicyclic amines) is 1. The summed E-state index contributed by atoms with van der Waals surface area (Å²) in [5.41, 5.74) is 4.71. The van der Waals surface area contributed by atoms with Crippen molar-refractivity contribution in [3.05, 3.63) is 77.5 Å². The minimum Gasteiger partial charge on any atom is -0.469 e. The summed E-state index contributed by atoms with van der Waals surface area (Å²) in [5.74, 6) is 0.261. The van der Waals surface area contributed by atoms with E-state index < -0.39 is 10.8 Å². The number of piperidine rings is 1. The molecule has 2 bridgehead atoms. The molecule has 2 heterocycles.